The Bertz CT molecular complexity index is 441. The van der Waals surface area contributed by atoms with E-state index < -0.39 is 12.1 Å². The molecule has 1 fully saturated rings. The fraction of sp³-hybridized carbons (Fsp3) is 0.500. The summed E-state index contributed by atoms with van der Waals surface area (Å²) in [5.41, 5.74) is 2.11. The lowest BCUT2D eigenvalue weighted by molar-refractivity contribution is -0.144. The molecule has 98 valence electrons. The molecule has 4 nitrogen and oxygen atoms in total. The van der Waals surface area contributed by atoms with Gasteiger partial charge in [0, 0.05) is 12.6 Å². The maximum atomic E-state index is 11.2. The lowest BCUT2D eigenvalue weighted by Gasteiger charge is -2.17. The lowest BCUT2D eigenvalue weighted by atomic mass is 10.1. The molecule has 0 spiro atoms. The van der Waals surface area contributed by atoms with Gasteiger partial charge >= 0.3 is 5.97 Å². The van der Waals surface area contributed by atoms with E-state index in [-0.39, 0.29) is 0 Å². The fourth-order valence-corrected chi connectivity index (χ4v) is 1.83. The Kier molecular flexibility index (Phi) is 3.87. The summed E-state index contributed by atoms with van der Waals surface area (Å²) in [5, 5.41) is 12.3. The van der Waals surface area contributed by atoms with E-state index in [1.54, 1.807) is 0 Å². The van der Waals surface area contributed by atoms with E-state index in [1.807, 2.05) is 32.0 Å². The molecule has 1 aromatic rings. The summed E-state index contributed by atoms with van der Waals surface area (Å²) in [6, 6.07) is 6.23. The molecule has 0 aliphatic heterocycles. The third-order valence-electron chi connectivity index (χ3n) is 3.04. The van der Waals surface area contributed by atoms with Gasteiger partial charge in [0.1, 0.15) is 5.75 Å². The highest BCUT2D eigenvalue weighted by Crippen LogP contribution is 2.21. The molecule has 1 atom stereocenters. The Balaban J connectivity index is 1.99. The van der Waals surface area contributed by atoms with Gasteiger partial charge < -0.3 is 15.2 Å². The number of carboxylic acids is 1. The number of aryl methyl sites for hydroxylation is 2. The zero-order valence-electron chi connectivity index (χ0n) is 10.8. The predicted octanol–water partition coefficient (Wildman–Crippen LogP) is 1.89. The van der Waals surface area contributed by atoms with Crippen molar-refractivity contribution >= 4 is 5.97 Å². The van der Waals surface area contributed by atoms with E-state index >= 15 is 0 Å². The van der Waals surface area contributed by atoms with Gasteiger partial charge in [0.05, 0.1) is 0 Å². The minimum Gasteiger partial charge on any atom is -0.478 e. The Morgan fingerprint density at radius 1 is 1.50 bits per heavy atom. The van der Waals surface area contributed by atoms with Crippen LogP contribution < -0.4 is 10.1 Å². The first-order chi connectivity index (χ1) is 8.56. The fourth-order valence-electron chi connectivity index (χ4n) is 1.83. The first kappa shape index (κ1) is 12.9. The van der Waals surface area contributed by atoms with Gasteiger partial charge in [-0.15, -0.1) is 0 Å². The van der Waals surface area contributed by atoms with E-state index in [0.717, 1.165) is 24.0 Å². The number of aliphatic carboxylic acids is 1. The monoisotopic (exact) mass is 249 g/mol. The average Bonchev–Trinajstić information content (AvgIpc) is 3.10. The third kappa shape index (κ3) is 3.47. The van der Waals surface area contributed by atoms with Crippen molar-refractivity contribution in [1.29, 1.82) is 0 Å². The highest BCUT2D eigenvalue weighted by Gasteiger charge is 2.26. The van der Waals surface area contributed by atoms with Gasteiger partial charge in [0.2, 0.25) is 6.10 Å². The van der Waals surface area contributed by atoms with Gasteiger partial charge in [-0.3, -0.25) is 0 Å². The summed E-state index contributed by atoms with van der Waals surface area (Å²) in [6.45, 7) is 4.28. The van der Waals surface area contributed by atoms with Gasteiger partial charge in [-0.25, -0.2) is 4.79 Å². The molecule has 2 N–H and O–H groups in total. The summed E-state index contributed by atoms with van der Waals surface area (Å²) in [4.78, 5) is 11.2. The molecular weight excluding hydrogens is 230 g/mol. The number of ether oxygens (including phenoxy) is 1. The summed E-state index contributed by atoms with van der Waals surface area (Å²) >= 11 is 0. The molecule has 1 aliphatic rings. The van der Waals surface area contributed by atoms with Crippen LogP contribution in [0.1, 0.15) is 24.0 Å². The Morgan fingerprint density at radius 3 is 2.78 bits per heavy atom. The number of hydrogen-bond donors (Lipinski definition) is 2. The van der Waals surface area contributed by atoms with Crippen LogP contribution in [-0.2, 0) is 4.79 Å². The SMILES string of the molecule is Cc1ccc(OC(CNC2CC2)C(=O)O)c(C)c1. The zero-order valence-corrected chi connectivity index (χ0v) is 10.8. The van der Waals surface area contributed by atoms with Crippen LogP contribution in [0.2, 0.25) is 0 Å². The van der Waals surface area contributed by atoms with E-state index in [9.17, 15) is 4.79 Å². The second kappa shape index (κ2) is 5.40. The van der Waals surface area contributed by atoms with Crippen LogP contribution in [0.3, 0.4) is 0 Å². The number of carbonyl (C=O) groups is 1. The van der Waals surface area contributed by atoms with Gasteiger partial charge in [0.25, 0.3) is 0 Å². The van der Waals surface area contributed by atoms with Crippen LogP contribution in [0.15, 0.2) is 18.2 Å². The Morgan fingerprint density at radius 2 is 2.22 bits per heavy atom. The first-order valence-corrected chi connectivity index (χ1v) is 6.26. The Labute approximate surface area is 107 Å². The van der Waals surface area contributed by atoms with Crippen molar-refractivity contribution in [3.8, 4) is 5.75 Å². The number of rotatable bonds is 6. The molecule has 1 unspecified atom stereocenters. The summed E-state index contributed by atoms with van der Waals surface area (Å²) in [5.74, 6) is -0.284. The quantitative estimate of drug-likeness (QED) is 0.808. The van der Waals surface area contributed by atoms with Gasteiger partial charge in [-0.1, -0.05) is 17.7 Å². The molecule has 1 saturated carbocycles. The molecule has 0 amide bonds. The largest absolute Gasteiger partial charge is 0.478 e. The minimum absolute atomic E-state index is 0.354. The zero-order chi connectivity index (χ0) is 13.1. The van der Waals surface area contributed by atoms with Crippen LogP contribution in [-0.4, -0.2) is 29.8 Å². The Hall–Kier alpha value is -1.55. The maximum absolute atomic E-state index is 11.2. The van der Waals surface area contributed by atoms with Crippen molar-refractivity contribution in [2.24, 2.45) is 0 Å². The van der Waals surface area contributed by atoms with Crippen molar-refractivity contribution in [3.05, 3.63) is 29.3 Å². The molecular formula is C14H19NO3. The van der Waals surface area contributed by atoms with Gasteiger partial charge in [-0.2, -0.15) is 0 Å². The molecule has 18 heavy (non-hydrogen) atoms. The van der Waals surface area contributed by atoms with Gasteiger partial charge in [-0.05, 0) is 38.3 Å². The van der Waals surface area contributed by atoms with Crippen LogP contribution in [0.4, 0.5) is 0 Å². The molecule has 0 radical (unpaired) electrons. The summed E-state index contributed by atoms with van der Waals surface area (Å²) < 4.78 is 5.58. The smallest absolute Gasteiger partial charge is 0.346 e. The first-order valence-electron chi connectivity index (χ1n) is 6.26. The number of nitrogens with one attached hydrogen (secondary N) is 1. The summed E-state index contributed by atoms with van der Waals surface area (Å²) in [6.07, 6.45) is 1.44. The molecule has 0 heterocycles. The van der Waals surface area contributed by atoms with Crippen LogP contribution in [0, 0.1) is 13.8 Å². The van der Waals surface area contributed by atoms with Crippen LogP contribution >= 0.6 is 0 Å². The maximum Gasteiger partial charge on any atom is 0.346 e. The average molecular weight is 249 g/mol. The third-order valence-corrected chi connectivity index (χ3v) is 3.04. The molecule has 0 saturated heterocycles. The number of benzene rings is 1. The van der Waals surface area contributed by atoms with Gasteiger partial charge in [0.15, 0.2) is 0 Å². The van der Waals surface area contributed by atoms with Crippen molar-refractivity contribution < 1.29 is 14.6 Å². The van der Waals surface area contributed by atoms with E-state index in [2.05, 4.69) is 5.32 Å². The standard InChI is InChI=1S/C14H19NO3/c1-9-3-6-12(10(2)7-9)18-13(14(16)17)8-15-11-4-5-11/h3,6-7,11,13,15H,4-5,8H2,1-2H3,(H,16,17). The van der Waals surface area contributed by atoms with Crippen molar-refractivity contribution in [1.82, 2.24) is 5.32 Å². The highest BCUT2D eigenvalue weighted by atomic mass is 16.5. The highest BCUT2D eigenvalue weighted by molar-refractivity contribution is 5.73. The number of hydrogen-bond acceptors (Lipinski definition) is 3. The predicted molar refractivity (Wildman–Crippen MR) is 69.0 cm³/mol. The molecule has 2 rings (SSSR count). The normalized spacial score (nSPS) is 16.3. The molecule has 0 aromatic heterocycles. The van der Waals surface area contributed by atoms with Crippen LogP contribution in [0.5, 0.6) is 5.75 Å². The van der Waals surface area contributed by atoms with Crippen LogP contribution in [0.25, 0.3) is 0 Å². The lowest BCUT2D eigenvalue weighted by Crippen LogP contribution is -2.38. The van der Waals surface area contributed by atoms with E-state index in [1.165, 1.54) is 0 Å². The summed E-state index contributed by atoms with van der Waals surface area (Å²) in [7, 11) is 0. The molecule has 4 heteroatoms. The van der Waals surface area contributed by atoms with Crippen molar-refractivity contribution in [3.63, 3.8) is 0 Å². The van der Waals surface area contributed by atoms with Crippen molar-refractivity contribution in [2.75, 3.05) is 6.54 Å². The van der Waals surface area contributed by atoms with E-state index in [0.29, 0.717) is 18.3 Å². The number of carboxylic acid groups (broad SMARTS) is 1. The second-order valence-corrected chi connectivity index (χ2v) is 4.90. The minimum atomic E-state index is -0.928. The molecule has 1 aliphatic carbocycles. The van der Waals surface area contributed by atoms with E-state index in [4.69, 9.17) is 9.84 Å². The second-order valence-electron chi connectivity index (χ2n) is 4.90. The van der Waals surface area contributed by atoms with Crippen molar-refractivity contribution in [2.45, 2.75) is 38.8 Å². The molecule has 1 aromatic carbocycles. The topological polar surface area (TPSA) is 58.6 Å². The molecule has 0 bridgehead atoms.